The van der Waals surface area contributed by atoms with Gasteiger partial charge in [0.1, 0.15) is 0 Å². The molecule has 0 saturated carbocycles. The van der Waals surface area contributed by atoms with Gasteiger partial charge < -0.3 is 19.4 Å². The maximum absolute atomic E-state index is 11.1. The minimum Gasteiger partial charge on any atom is -0.493 e. The minimum absolute atomic E-state index is 0.155. The molecule has 0 aliphatic rings. The van der Waals surface area contributed by atoms with Gasteiger partial charge in [-0.1, -0.05) is 18.2 Å². The van der Waals surface area contributed by atoms with E-state index in [1.165, 1.54) is 12.1 Å². The van der Waals surface area contributed by atoms with Crippen LogP contribution in [0.25, 0.3) is 11.3 Å². The Labute approximate surface area is 140 Å². The summed E-state index contributed by atoms with van der Waals surface area (Å²) in [5, 5.41) is 9.13. The first kappa shape index (κ1) is 17.4. The molecule has 6 heteroatoms. The molecule has 2 rings (SSSR count). The van der Waals surface area contributed by atoms with Gasteiger partial charge in [0.25, 0.3) is 0 Å². The van der Waals surface area contributed by atoms with Gasteiger partial charge in [-0.05, 0) is 36.8 Å². The van der Waals surface area contributed by atoms with Gasteiger partial charge in [-0.2, -0.15) is 5.90 Å². The number of carboxylic acid groups (broad SMARTS) is 1. The SMILES string of the molecule is COc1ccc(/C(C)=C(/ON)c2cccc(C(=O)O)c2)cc1OC. The molecule has 2 aromatic rings. The molecule has 0 bridgehead atoms. The summed E-state index contributed by atoms with van der Waals surface area (Å²) in [7, 11) is 3.11. The number of ether oxygens (including phenoxy) is 2. The largest absolute Gasteiger partial charge is 0.493 e. The molecule has 0 fully saturated rings. The van der Waals surface area contributed by atoms with Crippen molar-refractivity contribution in [3.05, 3.63) is 59.2 Å². The zero-order valence-corrected chi connectivity index (χ0v) is 13.7. The Morgan fingerprint density at radius 3 is 2.21 bits per heavy atom. The van der Waals surface area contributed by atoms with E-state index >= 15 is 0 Å². The number of nitrogens with two attached hydrogens (primary N) is 1. The van der Waals surface area contributed by atoms with Crippen LogP contribution in [0.3, 0.4) is 0 Å². The number of carbonyl (C=O) groups is 1. The second kappa shape index (κ2) is 7.52. The summed E-state index contributed by atoms with van der Waals surface area (Å²) in [6.45, 7) is 1.83. The Morgan fingerprint density at radius 2 is 1.62 bits per heavy atom. The molecular weight excluding hydrogens is 310 g/mol. The monoisotopic (exact) mass is 329 g/mol. The molecule has 2 aromatic carbocycles. The quantitative estimate of drug-likeness (QED) is 0.480. The number of aromatic carboxylic acids is 1. The molecule has 0 aliphatic carbocycles. The molecular formula is C18H19NO5. The molecule has 0 aliphatic heterocycles. The number of benzene rings is 2. The van der Waals surface area contributed by atoms with Gasteiger partial charge in [-0.25, -0.2) is 4.79 Å². The van der Waals surface area contributed by atoms with E-state index in [1.54, 1.807) is 38.5 Å². The predicted octanol–water partition coefficient (Wildman–Crippen LogP) is 3.18. The summed E-state index contributed by atoms with van der Waals surface area (Å²) in [4.78, 5) is 16.2. The fourth-order valence-corrected chi connectivity index (χ4v) is 2.37. The van der Waals surface area contributed by atoms with Crippen molar-refractivity contribution in [2.45, 2.75) is 6.92 Å². The van der Waals surface area contributed by atoms with E-state index in [-0.39, 0.29) is 5.56 Å². The van der Waals surface area contributed by atoms with Crippen molar-refractivity contribution in [2.75, 3.05) is 14.2 Å². The van der Waals surface area contributed by atoms with Crippen LogP contribution in [0.5, 0.6) is 11.5 Å². The van der Waals surface area contributed by atoms with Crippen molar-refractivity contribution in [3.8, 4) is 11.5 Å². The molecule has 0 saturated heterocycles. The number of allylic oxidation sites excluding steroid dienone is 1. The normalized spacial score (nSPS) is 11.5. The highest BCUT2D eigenvalue weighted by Crippen LogP contribution is 2.33. The van der Waals surface area contributed by atoms with Crippen molar-refractivity contribution < 1.29 is 24.2 Å². The molecule has 3 N–H and O–H groups in total. The third-order valence-corrected chi connectivity index (χ3v) is 3.65. The van der Waals surface area contributed by atoms with Crippen LogP contribution in [0, 0.1) is 0 Å². The second-order valence-electron chi connectivity index (χ2n) is 5.03. The van der Waals surface area contributed by atoms with Crippen LogP contribution in [0.4, 0.5) is 0 Å². The number of methoxy groups -OCH3 is 2. The van der Waals surface area contributed by atoms with Crippen molar-refractivity contribution in [3.63, 3.8) is 0 Å². The van der Waals surface area contributed by atoms with Gasteiger partial charge in [-0.3, -0.25) is 0 Å². The summed E-state index contributed by atoms with van der Waals surface area (Å²) in [5.74, 6) is 5.98. The number of rotatable bonds is 6. The molecule has 0 spiro atoms. The number of hydrogen-bond donors (Lipinski definition) is 2. The summed E-state index contributed by atoms with van der Waals surface area (Å²) < 4.78 is 10.5. The molecule has 6 nitrogen and oxygen atoms in total. The van der Waals surface area contributed by atoms with Crippen LogP contribution in [0.15, 0.2) is 42.5 Å². The van der Waals surface area contributed by atoms with Crippen molar-refractivity contribution in [1.82, 2.24) is 0 Å². The molecule has 126 valence electrons. The average molecular weight is 329 g/mol. The van der Waals surface area contributed by atoms with E-state index in [9.17, 15) is 4.79 Å². The van der Waals surface area contributed by atoms with Crippen molar-refractivity contribution in [2.24, 2.45) is 5.90 Å². The van der Waals surface area contributed by atoms with Crippen molar-refractivity contribution in [1.29, 1.82) is 0 Å². The fraction of sp³-hybridized carbons (Fsp3) is 0.167. The average Bonchev–Trinajstić information content (AvgIpc) is 2.61. The Hall–Kier alpha value is -2.99. The Kier molecular flexibility index (Phi) is 5.44. The molecule has 0 unspecified atom stereocenters. The maximum atomic E-state index is 11.1. The highest BCUT2D eigenvalue weighted by atomic mass is 16.6. The molecule has 0 amide bonds. The molecule has 0 heterocycles. The Morgan fingerprint density at radius 1 is 0.958 bits per heavy atom. The second-order valence-corrected chi connectivity index (χ2v) is 5.03. The summed E-state index contributed by atoms with van der Waals surface area (Å²) in [6, 6.07) is 11.8. The van der Waals surface area contributed by atoms with Crippen molar-refractivity contribution >= 4 is 17.3 Å². The highest BCUT2D eigenvalue weighted by molar-refractivity contribution is 5.91. The van der Waals surface area contributed by atoms with E-state index in [4.69, 9.17) is 25.3 Å². The lowest BCUT2D eigenvalue weighted by atomic mass is 10.0. The first-order valence-corrected chi connectivity index (χ1v) is 7.15. The fourth-order valence-electron chi connectivity index (χ4n) is 2.37. The third-order valence-electron chi connectivity index (χ3n) is 3.65. The van der Waals surface area contributed by atoms with Crippen LogP contribution in [-0.2, 0) is 4.84 Å². The number of carboxylic acids is 1. The van der Waals surface area contributed by atoms with Gasteiger partial charge in [0.2, 0.25) is 0 Å². The van der Waals surface area contributed by atoms with Crippen LogP contribution in [0.2, 0.25) is 0 Å². The lowest BCUT2D eigenvalue weighted by molar-refractivity contribution is 0.0697. The maximum Gasteiger partial charge on any atom is 0.335 e. The summed E-state index contributed by atoms with van der Waals surface area (Å²) in [5.41, 5.74) is 2.28. The van der Waals surface area contributed by atoms with Crippen LogP contribution >= 0.6 is 0 Å². The zero-order valence-electron chi connectivity index (χ0n) is 13.7. The molecule has 24 heavy (non-hydrogen) atoms. The summed E-state index contributed by atoms with van der Waals surface area (Å²) >= 11 is 0. The molecule has 0 aromatic heterocycles. The number of hydrogen-bond acceptors (Lipinski definition) is 5. The molecule has 0 radical (unpaired) electrons. The lowest BCUT2D eigenvalue weighted by Crippen LogP contribution is -2.03. The van der Waals surface area contributed by atoms with Gasteiger partial charge >= 0.3 is 5.97 Å². The smallest absolute Gasteiger partial charge is 0.335 e. The standard InChI is InChI=1S/C18H19NO5/c1-11(12-7-8-15(22-2)16(10-12)23-3)17(24-19)13-5-4-6-14(9-13)18(20)21/h4-10H,19H2,1-3H3,(H,20,21)/b17-11+. The Bertz CT molecular complexity index is 783. The zero-order chi connectivity index (χ0) is 17.7. The van der Waals surface area contributed by atoms with Gasteiger partial charge in [-0.15, -0.1) is 0 Å². The van der Waals surface area contributed by atoms with Gasteiger partial charge in [0, 0.05) is 11.1 Å². The predicted molar refractivity (Wildman–Crippen MR) is 90.7 cm³/mol. The van der Waals surface area contributed by atoms with Gasteiger partial charge in [0.15, 0.2) is 17.3 Å². The topological polar surface area (TPSA) is 91.0 Å². The van der Waals surface area contributed by atoms with Gasteiger partial charge in [0.05, 0.1) is 19.8 Å². The van der Waals surface area contributed by atoms with E-state index in [2.05, 4.69) is 0 Å². The van der Waals surface area contributed by atoms with E-state index in [0.717, 1.165) is 11.1 Å². The van der Waals surface area contributed by atoms with Crippen LogP contribution < -0.4 is 15.4 Å². The minimum atomic E-state index is -1.02. The highest BCUT2D eigenvalue weighted by Gasteiger charge is 2.14. The van der Waals surface area contributed by atoms with Crippen LogP contribution in [-0.4, -0.2) is 25.3 Å². The van der Waals surface area contributed by atoms with E-state index in [1.807, 2.05) is 13.0 Å². The summed E-state index contributed by atoms with van der Waals surface area (Å²) in [6.07, 6.45) is 0. The first-order chi connectivity index (χ1) is 11.5. The van der Waals surface area contributed by atoms with E-state index < -0.39 is 5.97 Å². The lowest BCUT2D eigenvalue weighted by Gasteiger charge is -2.13. The van der Waals surface area contributed by atoms with E-state index in [0.29, 0.717) is 22.8 Å². The third kappa shape index (κ3) is 3.49. The van der Waals surface area contributed by atoms with Crippen LogP contribution in [0.1, 0.15) is 28.4 Å². The Balaban J connectivity index is 2.54. The molecule has 0 atom stereocenters. The first-order valence-electron chi connectivity index (χ1n) is 7.15.